The number of aromatic nitrogens is 1. The van der Waals surface area contributed by atoms with Crippen LogP contribution in [-0.4, -0.2) is 35.6 Å². The number of aryl methyl sites for hydroxylation is 1. The second kappa shape index (κ2) is 6.71. The number of halogens is 3. The third kappa shape index (κ3) is 3.38. The monoisotopic (exact) mass is 354 g/mol. The fraction of sp³-hybridized carbons (Fsp3) is 0.500. The van der Waals surface area contributed by atoms with E-state index in [1.54, 1.807) is 17.6 Å². The zero-order valence-electron chi connectivity index (χ0n) is 14.3. The topological polar surface area (TPSA) is 34.5 Å². The number of nitrogens with zero attached hydrogens (tertiary/aromatic N) is 2. The van der Waals surface area contributed by atoms with E-state index in [0.717, 1.165) is 23.9 Å². The normalized spacial score (nSPS) is 15.4. The first-order chi connectivity index (χ1) is 11.8. The molecule has 0 N–H and O–H groups in total. The maximum absolute atomic E-state index is 13.5. The SMILES string of the molecule is CCOC(=O)CCn1c2c(c3cccc(C(F)(F)F)c31)CN(C)CC2. The molecule has 2 aromatic rings. The molecule has 0 saturated heterocycles. The highest BCUT2D eigenvalue weighted by Gasteiger charge is 2.35. The molecule has 0 spiro atoms. The van der Waals surface area contributed by atoms with Gasteiger partial charge in [0.2, 0.25) is 0 Å². The molecule has 0 amide bonds. The van der Waals surface area contributed by atoms with Gasteiger partial charge in [-0.15, -0.1) is 0 Å². The average molecular weight is 354 g/mol. The molecule has 0 aliphatic carbocycles. The highest BCUT2D eigenvalue weighted by atomic mass is 19.4. The van der Waals surface area contributed by atoms with Crippen LogP contribution in [0.15, 0.2) is 18.2 Å². The lowest BCUT2D eigenvalue weighted by molar-refractivity contribution is -0.143. The molecule has 0 saturated carbocycles. The van der Waals surface area contributed by atoms with Crippen LogP contribution in [0, 0.1) is 0 Å². The summed E-state index contributed by atoms with van der Waals surface area (Å²) in [4.78, 5) is 13.8. The standard InChI is InChI=1S/C18H21F3N2O2/c1-3-25-16(24)8-10-23-15-7-9-22(2)11-13(15)12-5-4-6-14(17(12)23)18(19,20)21/h4-6H,3,7-11H2,1-2H3. The first-order valence-corrected chi connectivity index (χ1v) is 8.37. The molecule has 1 aliphatic heterocycles. The number of alkyl halides is 3. The van der Waals surface area contributed by atoms with Crippen LogP contribution in [0.4, 0.5) is 13.2 Å². The molecule has 136 valence electrons. The van der Waals surface area contributed by atoms with Crippen molar-refractivity contribution in [2.45, 2.75) is 39.0 Å². The van der Waals surface area contributed by atoms with Crippen LogP contribution in [0.2, 0.25) is 0 Å². The van der Waals surface area contributed by atoms with Crippen molar-refractivity contribution >= 4 is 16.9 Å². The van der Waals surface area contributed by atoms with Crippen LogP contribution >= 0.6 is 0 Å². The summed E-state index contributed by atoms with van der Waals surface area (Å²) in [6.45, 7) is 3.56. The van der Waals surface area contributed by atoms with E-state index in [4.69, 9.17) is 4.74 Å². The number of esters is 1. The van der Waals surface area contributed by atoms with E-state index in [1.165, 1.54) is 6.07 Å². The van der Waals surface area contributed by atoms with E-state index in [2.05, 4.69) is 4.90 Å². The first-order valence-electron chi connectivity index (χ1n) is 8.37. The second-order valence-electron chi connectivity index (χ2n) is 6.32. The van der Waals surface area contributed by atoms with Crippen molar-refractivity contribution in [1.29, 1.82) is 0 Å². The number of ether oxygens (including phenoxy) is 1. The Kier molecular flexibility index (Phi) is 4.77. The summed E-state index contributed by atoms with van der Waals surface area (Å²) < 4.78 is 47.2. The molecule has 1 aromatic carbocycles. The van der Waals surface area contributed by atoms with Gasteiger partial charge in [-0.1, -0.05) is 12.1 Å². The quantitative estimate of drug-likeness (QED) is 0.787. The average Bonchev–Trinajstić information content (AvgIpc) is 2.85. The first kappa shape index (κ1) is 17.8. The Morgan fingerprint density at radius 3 is 2.76 bits per heavy atom. The van der Waals surface area contributed by atoms with Gasteiger partial charge in [0.1, 0.15) is 0 Å². The maximum Gasteiger partial charge on any atom is 0.418 e. The van der Waals surface area contributed by atoms with Crippen molar-refractivity contribution < 1.29 is 22.7 Å². The molecule has 4 nitrogen and oxygen atoms in total. The lowest BCUT2D eigenvalue weighted by atomic mass is 10.0. The van der Waals surface area contributed by atoms with E-state index in [9.17, 15) is 18.0 Å². The second-order valence-corrected chi connectivity index (χ2v) is 6.32. The van der Waals surface area contributed by atoms with E-state index < -0.39 is 17.7 Å². The van der Waals surface area contributed by atoms with Crippen LogP contribution in [0.3, 0.4) is 0 Å². The van der Waals surface area contributed by atoms with Crippen molar-refractivity contribution in [1.82, 2.24) is 9.47 Å². The van der Waals surface area contributed by atoms with Gasteiger partial charge in [0, 0.05) is 37.1 Å². The number of para-hydroxylation sites is 1. The fourth-order valence-electron chi connectivity index (χ4n) is 3.55. The van der Waals surface area contributed by atoms with Crippen LogP contribution in [0.1, 0.15) is 30.2 Å². The number of carbonyl (C=O) groups excluding carboxylic acids is 1. The van der Waals surface area contributed by atoms with Crippen molar-refractivity contribution in [3.63, 3.8) is 0 Å². The van der Waals surface area contributed by atoms with Crippen LogP contribution < -0.4 is 0 Å². The molecule has 1 aliphatic rings. The molecular formula is C18H21F3N2O2. The Labute approximate surface area is 144 Å². The van der Waals surface area contributed by atoms with E-state index in [-0.39, 0.29) is 25.1 Å². The number of rotatable bonds is 4. The van der Waals surface area contributed by atoms with Gasteiger partial charge in [0.15, 0.2) is 0 Å². The number of likely N-dealkylation sites (N-methyl/N-ethyl adjacent to an activating group) is 1. The van der Waals surface area contributed by atoms with Crippen molar-refractivity contribution in [2.75, 3.05) is 20.2 Å². The summed E-state index contributed by atoms with van der Waals surface area (Å²) in [6, 6.07) is 4.30. The molecule has 0 bridgehead atoms. The maximum atomic E-state index is 13.5. The lowest BCUT2D eigenvalue weighted by Crippen LogP contribution is -2.27. The molecule has 0 unspecified atom stereocenters. The lowest BCUT2D eigenvalue weighted by Gasteiger charge is -2.24. The molecule has 3 rings (SSSR count). The highest BCUT2D eigenvalue weighted by Crippen LogP contribution is 2.39. The van der Waals surface area contributed by atoms with E-state index in [1.807, 2.05) is 7.05 Å². The van der Waals surface area contributed by atoms with Crippen LogP contribution in [0.5, 0.6) is 0 Å². The Morgan fingerprint density at radius 2 is 2.08 bits per heavy atom. The summed E-state index contributed by atoms with van der Waals surface area (Å²) in [7, 11) is 1.96. The number of hydrogen-bond donors (Lipinski definition) is 0. The predicted molar refractivity (Wildman–Crippen MR) is 88.2 cm³/mol. The minimum atomic E-state index is -4.44. The molecule has 7 heteroatoms. The number of carbonyl (C=O) groups is 1. The number of hydrogen-bond acceptors (Lipinski definition) is 3. The Bertz CT molecular complexity index is 796. The van der Waals surface area contributed by atoms with Gasteiger partial charge >= 0.3 is 12.1 Å². The Hall–Kier alpha value is -2.02. The molecule has 0 fully saturated rings. The van der Waals surface area contributed by atoms with Gasteiger partial charge < -0.3 is 14.2 Å². The molecule has 2 heterocycles. The predicted octanol–water partition coefficient (Wildman–Crippen LogP) is 3.60. The molecule has 0 atom stereocenters. The molecular weight excluding hydrogens is 333 g/mol. The third-order valence-electron chi connectivity index (χ3n) is 4.61. The smallest absolute Gasteiger partial charge is 0.418 e. The fourth-order valence-corrected chi connectivity index (χ4v) is 3.55. The van der Waals surface area contributed by atoms with Crippen LogP contribution in [-0.2, 0) is 35.2 Å². The zero-order valence-corrected chi connectivity index (χ0v) is 14.3. The van der Waals surface area contributed by atoms with E-state index >= 15 is 0 Å². The highest BCUT2D eigenvalue weighted by molar-refractivity contribution is 5.89. The van der Waals surface area contributed by atoms with Gasteiger partial charge in [-0.05, 0) is 25.6 Å². The molecule has 25 heavy (non-hydrogen) atoms. The minimum absolute atomic E-state index is 0.0616. The van der Waals surface area contributed by atoms with Crippen molar-refractivity contribution in [3.05, 3.63) is 35.0 Å². The summed E-state index contributed by atoms with van der Waals surface area (Å²) in [6.07, 6.45) is -3.71. The Morgan fingerprint density at radius 1 is 1.32 bits per heavy atom. The number of fused-ring (bicyclic) bond motifs is 3. The summed E-state index contributed by atoms with van der Waals surface area (Å²) in [5.41, 5.74) is 1.36. The number of benzene rings is 1. The van der Waals surface area contributed by atoms with Gasteiger partial charge in [-0.3, -0.25) is 4.79 Å². The Balaban J connectivity index is 2.14. The van der Waals surface area contributed by atoms with E-state index in [0.29, 0.717) is 18.4 Å². The summed E-state index contributed by atoms with van der Waals surface area (Å²) >= 11 is 0. The van der Waals surface area contributed by atoms with Gasteiger partial charge in [-0.2, -0.15) is 13.2 Å². The summed E-state index contributed by atoms with van der Waals surface area (Å²) in [5, 5.41) is 0.625. The van der Waals surface area contributed by atoms with Crippen molar-refractivity contribution in [2.24, 2.45) is 0 Å². The van der Waals surface area contributed by atoms with Gasteiger partial charge in [-0.25, -0.2) is 0 Å². The third-order valence-corrected chi connectivity index (χ3v) is 4.61. The molecule has 1 aromatic heterocycles. The minimum Gasteiger partial charge on any atom is -0.466 e. The molecule has 0 radical (unpaired) electrons. The van der Waals surface area contributed by atoms with Crippen LogP contribution in [0.25, 0.3) is 10.9 Å². The van der Waals surface area contributed by atoms with Gasteiger partial charge in [0.25, 0.3) is 0 Å². The van der Waals surface area contributed by atoms with Gasteiger partial charge in [0.05, 0.1) is 24.1 Å². The largest absolute Gasteiger partial charge is 0.466 e. The van der Waals surface area contributed by atoms with Crippen molar-refractivity contribution in [3.8, 4) is 0 Å². The zero-order chi connectivity index (χ0) is 18.2. The summed E-state index contributed by atoms with van der Waals surface area (Å²) in [5.74, 6) is -0.393.